The van der Waals surface area contributed by atoms with E-state index in [9.17, 15) is 4.79 Å². The van der Waals surface area contributed by atoms with Gasteiger partial charge in [-0.2, -0.15) is 0 Å². The van der Waals surface area contributed by atoms with E-state index in [1.54, 1.807) is 15.9 Å². The van der Waals surface area contributed by atoms with Crippen LogP contribution >= 0.6 is 11.3 Å². The first-order valence-corrected chi connectivity index (χ1v) is 9.79. The fraction of sp³-hybridized carbons (Fsp3) is 0.316. The Kier molecular flexibility index (Phi) is 3.83. The largest absolute Gasteiger partial charge is 0.296 e. The molecule has 0 aliphatic carbocycles. The highest BCUT2D eigenvalue weighted by Crippen LogP contribution is 2.19. The van der Waals surface area contributed by atoms with Gasteiger partial charge in [0.1, 0.15) is 0 Å². The Hall–Kier alpha value is -2.51. The lowest BCUT2D eigenvalue weighted by atomic mass is 10.2. The Labute approximate surface area is 154 Å². The van der Waals surface area contributed by atoms with Gasteiger partial charge in [0.2, 0.25) is 5.78 Å². The van der Waals surface area contributed by atoms with Crippen LogP contribution in [-0.2, 0) is 13.1 Å². The van der Waals surface area contributed by atoms with E-state index in [1.807, 2.05) is 41.8 Å². The number of likely N-dealkylation sites (tertiary alicyclic amines) is 1. The zero-order chi connectivity index (χ0) is 17.5. The molecule has 1 aliphatic rings. The summed E-state index contributed by atoms with van der Waals surface area (Å²) < 4.78 is 3.80. The Balaban J connectivity index is 1.74. The molecule has 6 nitrogen and oxygen atoms in total. The minimum Gasteiger partial charge on any atom is -0.296 e. The van der Waals surface area contributed by atoms with Crippen LogP contribution in [0.3, 0.4) is 0 Å². The third kappa shape index (κ3) is 2.55. The average Bonchev–Trinajstić information content (AvgIpc) is 3.41. The minimum absolute atomic E-state index is 0.0124. The van der Waals surface area contributed by atoms with Crippen molar-refractivity contribution in [2.75, 3.05) is 13.1 Å². The van der Waals surface area contributed by atoms with E-state index in [1.165, 1.54) is 12.8 Å². The van der Waals surface area contributed by atoms with Gasteiger partial charge in [0.05, 0.1) is 24.0 Å². The van der Waals surface area contributed by atoms with Crippen LogP contribution in [0, 0.1) is 0 Å². The topological polar surface area (TPSA) is 55.4 Å². The van der Waals surface area contributed by atoms with Gasteiger partial charge in [-0.25, -0.2) is 0 Å². The first-order chi connectivity index (χ1) is 12.8. The van der Waals surface area contributed by atoms with Gasteiger partial charge in [0, 0.05) is 4.88 Å². The molecule has 0 atom stereocenters. The molecular weight excluding hydrogens is 346 g/mol. The van der Waals surface area contributed by atoms with Crippen molar-refractivity contribution in [1.29, 1.82) is 0 Å². The Bertz CT molecular complexity index is 1120. The maximum atomic E-state index is 13.1. The summed E-state index contributed by atoms with van der Waals surface area (Å²) in [6.45, 7) is 3.48. The Morgan fingerprint density at radius 1 is 1.00 bits per heavy atom. The summed E-state index contributed by atoms with van der Waals surface area (Å²) in [7, 11) is 0. The number of thiophene rings is 1. The van der Waals surface area contributed by atoms with Crippen molar-refractivity contribution < 1.29 is 0 Å². The van der Waals surface area contributed by atoms with Crippen LogP contribution in [0.25, 0.3) is 16.7 Å². The van der Waals surface area contributed by atoms with Gasteiger partial charge in [-0.1, -0.05) is 18.2 Å². The number of fused-ring (bicyclic) bond motifs is 3. The first-order valence-electron chi connectivity index (χ1n) is 8.91. The third-order valence-corrected chi connectivity index (χ3v) is 5.89. The molecule has 26 heavy (non-hydrogen) atoms. The number of hydrogen-bond acceptors (Lipinski definition) is 5. The molecule has 5 rings (SSSR count). The first kappa shape index (κ1) is 15.7. The molecule has 1 aromatic carbocycles. The van der Waals surface area contributed by atoms with Crippen LogP contribution in [0.4, 0.5) is 0 Å². The minimum atomic E-state index is -0.0124. The molecule has 1 aliphatic heterocycles. The van der Waals surface area contributed by atoms with E-state index in [-0.39, 0.29) is 5.56 Å². The molecule has 7 heteroatoms. The van der Waals surface area contributed by atoms with Gasteiger partial charge in [-0.15, -0.1) is 21.5 Å². The molecule has 0 N–H and O–H groups in total. The molecule has 0 amide bonds. The van der Waals surface area contributed by atoms with E-state index in [0.717, 1.165) is 35.9 Å². The number of rotatable bonds is 4. The number of para-hydroxylation sites is 1. The van der Waals surface area contributed by atoms with Crippen LogP contribution in [0.15, 0.2) is 46.6 Å². The molecule has 0 saturated carbocycles. The fourth-order valence-electron chi connectivity index (χ4n) is 3.76. The molecule has 1 fully saturated rings. The highest BCUT2D eigenvalue weighted by Gasteiger charge is 2.20. The van der Waals surface area contributed by atoms with Crippen LogP contribution in [0.2, 0.25) is 0 Å². The van der Waals surface area contributed by atoms with Gasteiger partial charge in [-0.3, -0.25) is 18.7 Å². The number of hydrogen-bond donors (Lipinski definition) is 0. The highest BCUT2D eigenvalue weighted by molar-refractivity contribution is 7.09. The number of benzene rings is 1. The SMILES string of the molecule is O=c1c2ccccc2n2c(CN3CCCC3)nnc2n1Cc1cccs1. The lowest BCUT2D eigenvalue weighted by Crippen LogP contribution is -2.25. The quantitative estimate of drug-likeness (QED) is 0.558. The summed E-state index contributed by atoms with van der Waals surface area (Å²) in [6, 6.07) is 11.8. The van der Waals surface area contributed by atoms with Crippen molar-refractivity contribution in [1.82, 2.24) is 24.1 Å². The second kappa shape index (κ2) is 6.34. The van der Waals surface area contributed by atoms with Crippen molar-refractivity contribution in [3.05, 3.63) is 62.8 Å². The third-order valence-electron chi connectivity index (χ3n) is 5.03. The maximum Gasteiger partial charge on any atom is 0.263 e. The summed E-state index contributed by atoms with van der Waals surface area (Å²) in [5.74, 6) is 1.52. The van der Waals surface area contributed by atoms with Gasteiger partial charge in [0.25, 0.3) is 5.56 Å². The zero-order valence-corrected chi connectivity index (χ0v) is 15.2. The van der Waals surface area contributed by atoms with Gasteiger partial charge >= 0.3 is 0 Å². The van der Waals surface area contributed by atoms with Gasteiger partial charge in [-0.05, 0) is 49.5 Å². The molecule has 1 saturated heterocycles. The standard InChI is InChI=1S/C19H19N5OS/c25-18-15-7-1-2-8-16(15)24-17(13-22-9-3-4-10-22)20-21-19(24)23(18)12-14-6-5-11-26-14/h1-2,5-8,11H,3-4,9-10,12-13H2. The van der Waals surface area contributed by atoms with Crippen LogP contribution < -0.4 is 5.56 Å². The summed E-state index contributed by atoms with van der Waals surface area (Å²) in [6.07, 6.45) is 2.47. The van der Waals surface area contributed by atoms with Crippen LogP contribution in [0.1, 0.15) is 23.5 Å². The van der Waals surface area contributed by atoms with Crippen molar-refractivity contribution in [3.8, 4) is 0 Å². The molecule has 0 spiro atoms. The van der Waals surface area contributed by atoms with Crippen molar-refractivity contribution in [2.45, 2.75) is 25.9 Å². The summed E-state index contributed by atoms with van der Waals surface area (Å²) in [4.78, 5) is 16.6. The molecule has 132 valence electrons. The predicted molar refractivity (Wildman–Crippen MR) is 103 cm³/mol. The smallest absolute Gasteiger partial charge is 0.263 e. The van der Waals surface area contributed by atoms with Gasteiger partial charge < -0.3 is 0 Å². The normalized spacial score (nSPS) is 15.4. The maximum absolute atomic E-state index is 13.1. The molecule has 4 aromatic rings. The lowest BCUT2D eigenvalue weighted by molar-refractivity contribution is 0.321. The molecule has 0 bridgehead atoms. The van der Waals surface area contributed by atoms with Crippen LogP contribution in [0.5, 0.6) is 0 Å². The molecular formula is C19H19N5OS. The second-order valence-corrected chi connectivity index (χ2v) is 7.75. The average molecular weight is 365 g/mol. The number of nitrogens with zero attached hydrogens (tertiary/aromatic N) is 5. The van der Waals surface area contributed by atoms with Crippen molar-refractivity contribution in [2.24, 2.45) is 0 Å². The zero-order valence-electron chi connectivity index (χ0n) is 14.3. The second-order valence-electron chi connectivity index (χ2n) is 6.72. The lowest BCUT2D eigenvalue weighted by Gasteiger charge is -2.14. The predicted octanol–water partition coefficient (Wildman–Crippen LogP) is 2.75. The molecule has 0 unspecified atom stereocenters. The van der Waals surface area contributed by atoms with Crippen molar-refractivity contribution in [3.63, 3.8) is 0 Å². The summed E-state index contributed by atoms with van der Waals surface area (Å²) in [5.41, 5.74) is 0.871. The Morgan fingerprint density at radius 3 is 2.65 bits per heavy atom. The number of aromatic nitrogens is 4. The van der Waals surface area contributed by atoms with E-state index < -0.39 is 0 Å². The van der Waals surface area contributed by atoms with E-state index in [2.05, 4.69) is 19.5 Å². The summed E-state index contributed by atoms with van der Waals surface area (Å²) in [5, 5.41) is 11.6. The fourth-order valence-corrected chi connectivity index (χ4v) is 4.45. The van der Waals surface area contributed by atoms with Gasteiger partial charge in [0.15, 0.2) is 5.82 Å². The molecule has 3 aromatic heterocycles. The monoisotopic (exact) mass is 365 g/mol. The van der Waals surface area contributed by atoms with E-state index in [4.69, 9.17) is 0 Å². The van der Waals surface area contributed by atoms with Crippen LogP contribution in [-0.4, -0.2) is 37.2 Å². The summed E-state index contributed by atoms with van der Waals surface area (Å²) >= 11 is 1.65. The highest BCUT2D eigenvalue weighted by atomic mass is 32.1. The van der Waals surface area contributed by atoms with E-state index in [0.29, 0.717) is 17.7 Å². The molecule has 4 heterocycles. The van der Waals surface area contributed by atoms with Crippen molar-refractivity contribution >= 4 is 28.0 Å². The Morgan fingerprint density at radius 2 is 1.85 bits per heavy atom. The molecule has 0 radical (unpaired) electrons. The van der Waals surface area contributed by atoms with E-state index >= 15 is 0 Å².